The molecule has 3 aromatic carbocycles. The van der Waals surface area contributed by atoms with Crippen LogP contribution in [0.5, 0.6) is 5.75 Å². The summed E-state index contributed by atoms with van der Waals surface area (Å²) in [5, 5.41) is 19.5. The van der Waals surface area contributed by atoms with Gasteiger partial charge in [-0.1, -0.05) is 69.3 Å². The highest BCUT2D eigenvalue weighted by atomic mass is 28.4. The Kier molecular flexibility index (Phi) is 10.2. The molecule has 4 heterocycles. The normalized spacial score (nSPS) is 25.8. The third kappa shape index (κ3) is 6.40. The first kappa shape index (κ1) is 41.5. The van der Waals surface area contributed by atoms with Gasteiger partial charge in [0.25, 0.3) is 5.91 Å². The smallest absolute Gasteiger partial charge is 0.407 e. The molecule has 4 N–H and O–H groups in total. The number of aliphatic hydroxyl groups excluding tert-OH is 1. The van der Waals surface area contributed by atoms with Gasteiger partial charge in [-0.3, -0.25) is 19.5 Å². The van der Waals surface area contributed by atoms with Gasteiger partial charge in [0.1, 0.15) is 12.4 Å². The van der Waals surface area contributed by atoms with Crippen LogP contribution in [-0.2, 0) is 19.7 Å². The van der Waals surface area contributed by atoms with Gasteiger partial charge in [-0.05, 0) is 96.8 Å². The molecule has 13 heteroatoms. The van der Waals surface area contributed by atoms with E-state index >= 15 is 0 Å². The second-order valence-corrected chi connectivity index (χ2v) is 23.7. The van der Waals surface area contributed by atoms with E-state index in [-0.39, 0.29) is 30.0 Å². The highest BCUT2D eigenvalue weighted by molar-refractivity contribution is 6.72. The monoisotopic (exact) mass is 846 g/mol. The molecule has 61 heavy (non-hydrogen) atoms. The second-order valence-electron chi connectivity index (χ2n) is 19.2. The Morgan fingerprint density at radius 1 is 1.03 bits per heavy atom. The molecule has 2 spiro atoms. The van der Waals surface area contributed by atoms with E-state index in [2.05, 4.69) is 39.8 Å². The molecule has 3 fully saturated rings. The van der Waals surface area contributed by atoms with Gasteiger partial charge in [0, 0.05) is 41.4 Å². The number of methoxy groups -OCH3 is 2. The number of piperidine rings is 1. The summed E-state index contributed by atoms with van der Waals surface area (Å²) in [6, 6.07) is 22.7. The molecule has 5 aliphatic rings. The molecule has 1 saturated carbocycles. The SMILES string of the molecule is CC[C@@H](NC(=O)OCC1c2ccccc2-c2ccccc21)[C@H](CC(C)(C)[Si](C)(C)O)[C@H](O)[C@H](C(=O)OC)[C@@H]1CCC23C[C@@]24c2nc5ccc(OC)cc5cc2C(=O)N[C@H]4CN13. The van der Waals surface area contributed by atoms with Crippen molar-refractivity contribution in [1.82, 2.24) is 20.5 Å². The Morgan fingerprint density at radius 3 is 2.36 bits per heavy atom. The lowest BCUT2D eigenvalue weighted by molar-refractivity contribution is -0.155. The molecule has 3 aliphatic heterocycles. The van der Waals surface area contributed by atoms with Crippen molar-refractivity contribution >= 4 is 37.2 Å². The van der Waals surface area contributed by atoms with Gasteiger partial charge < -0.3 is 34.7 Å². The number of hydrogen-bond acceptors (Lipinski definition) is 10. The van der Waals surface area contributed by atoms with Crippen LogP contribution in [0, 0.1) is 11.8 Å². The lowest BCUT2D eigenvalue weighted by Gasteiger charge is -2.44. The van der Waals surface area contributed by atoms with Crippen LogP contribution in [0.3, 0.4) is 0 Å². The van der Waals surface area contributed by atoms with Crippen molar-refractivity contribution in [2.75, 3.05) is 27.4 Å². The minimum Gasteiger partial charge on any atom is -0.497 e. The first-order valence-corrected chi connectivity index (χ1v) is 24.7. The molecule has 1 aromatic heterocycles. The van der Waals surface area contributed by atoms with Crippen molar-refractivity contribution in [2.45, 2.75) is 112 Å². The molecule has 4 aromatic rings. The van der Waals surface area contributed by atoms with E-state index in [1.54, 1.807) is 7.11 Å². The molecule has 2 amide bonds. The number of carbonyl (C=O) groups excluding carboxylic acids is 3. The Balaban J connectivity index is 1.00. The van der Waals surface area contributed by atoms with Gasteiger partial charge in [-0.25, -0.2) is 4.79 Å². The summed E-state index contributed by atoms with van der Waals surface area (Å²) >= 11 is 0. The fourth-order valence-corrected chi connectivity index (χ4v) is 12.5. The number of fused-ring (bicyclic) bond motifs is 5. The van der Waals surface area contributed by atoms with Gasteiger partial charge in [0.15, 0.2) is 8.32 Å². The average molecular weight is 847 g/mol. The topological polar surface area (TPSA) is 160 Å². The zero-order chi connectivity index (χ0) is 43.2. The summed E-state index contributed by atoms with van der Waals surface area (Å²) in [5.41, 5.74) is 5.83. The van der Waals surface area contributed by atoms with Crippen LogP contribution >= 0.6 is 0 Å². The third-order valence-corrected chi connectivity index (χ3v) is 19.3. The number of benzene rings is 3. The number of aromatic nitrogens is 1. The number of carbonyl (C=O) groups is 3. The van der Waals surface area contributed by atoms with E-state index in [0.717, 1.165) is 51.7 Å². The quantitative estimate of drug-likeness (QED) is 0.0847. The van der Waals surface area contributed by atoms with Gasteiger partial charge in [0.05, 0.1) is 54.5 Å². The predicted octanol–water partition coefficient (Wildman–Crippen LogP) is 6.67. The van der Waals surface area contributed by atoms with E-state index in [9.17, 15) is 24.3 Å². The van der Waals surface area contributed by atoms with Gasteiger partial charge in [-0.15, -0.1) is 0 Å². The van der Waals surface area contributed by atoms with E-state index in [1.165, 1.54) is 7.11 Å². The Hall–Kier alpha value is -4.82. The van der Waals surface area contributed by atoms with Crippen molar-refractivity contribution < 1.29 is 38.5 Å². The van der Waals surface area contributed by atoms with E-state index < -0.39 is 60.9 Å². The van der Waals surface area contributed by atoms with Crippen LogP contribution in [-0.4, -0.2) is 103 Å². The van der Waals surface area contributed by atoms with Crippen LogP contribution in [0.2, 0.25) is 18.1 Å². The van der Waals surface area contributed by atoms with E-state index in [4.69, 9.17) is 19.2 Å². The third-order valence-electron chi connectivity index (χ3n) is 15.7. The van der Waals surface area contributed by atoms with Crippen molar-refractivity contribution in [3.05, 3.63) is 95.2 Å². The first-order valence-electron chi connectivity index (χ1n) is 21.8. The lowest BCUT2D eigenvalue weighted by Crippen LogP contribution is -2.56. The van der Waals surface area contributed by atoms with Crippen LogP contribution in [0.15, 0.2) is 72.8 Å². The molecule has 2 saturated heterocycles. The fraction of sp³-hybridized carbons (Fsp3) is 0.500. The number of rotatable bonds is 13. The average Bonchev–Trinajstić information content (AvgIpc) is 3.44. The molecular formula is C48H58N4O8Si. The predicted molar refractivity (Wildman–Crippen MR) is 234 cm³/mol. The van der Waals surface area contributed by atoms with Crippen molar-refractivity contribution in [2.24, 2.45) is 11.8 Å². The Morgan fingerprint density at radius 2 is 1.72 bits per heavy atom. The lowest BCUT2D eigenvalue weighted by atomic mass is 9.76. The summed E-state index contributed by atoms with van der Waals surface area (Å²) in [7, 11) is 0.120. The van der Waals surface area contributed by atoms with Crippen molar-refractivity contribution in [1.29, 1.82) is 0 Å². The minimum atomic E-state index is -2.84. The Bertz CT molecular complexity index is 2370. The molecule has 0 bridgehead atoms. The molecular weight excluding hydrogens is 789 g/mol. The van der Waals surface area contributed by atoms with Crippen molar-refractivity contribution in [3.8, 4) is 16.9 Å². The Labute approximate surface area is 358 Å². The number of ether oxygens (including phenoxy) is 3. The number of hydrogen-bond donors (Lipinski definition) is 4. The molecule has 9 rings (SSSR count). The number of alkyl carbamates (subject to hydrolysis) is 1. The molecule has 1 unspecified atom stereocenters. The highest BCUT2D eigenvalue weighted by Gasteiger charge is 2.83. The van der Waals surface area contributed by atoms with Gasteiger partial charge >= 0.3 is 12.1 Å². The van der Waals surface area contributed by atoms with E-state index in [0.29, 0.717) is 37.1 Å². The fourth-order valence-electron chi connectivity index (χ4n) is 11.8. The molecule has 0 radical (unpaired) electrons. The van der Waals surface area contributed by atoms with Crippen LogP contribution in [0.4, 0.5) is 4.79 Å². The van der Waals surface area contributed by atoms with Crippen LogP contribution < -0.4 is 15.4 Å². The molecule has 12 nitrogen and oxygen atoms in total. The molecule has 8 atom stereocenters. The summed E-state index contributed by atoms with van der Waals surface area (Å²) in [5.74, 6) is -1.76. The standard InChI is InChI=1S/C48H58N4O8Si/c1-8-36(50-45(56)60-25-35-31-15-11-9-13-29(31)30-14-10-12-16-32(30)35)34(23-46(2,3)61(6,7)57)41(53)40(44(55)59-5)38-19-20-47-26-48(47)39(24-52(38)47)51-43(54)33-22-27-21-28(58-4)17-18-37(27)49-42(33)48/h9-18,21-22,34-36,38-41,53,57H,8,19-20,23-26H2,1-7H3,(H,50,56)(H,51,54)/t34-,36+,38-,39-,40+,41-,47?,48+/m0/s1. The van der Waals surface area contributed by atoms with E-state index in [1.807, 2.05) is 82.4 Å². The van der Waals surface area contributed by atoms with Gasteiger partial charge in [-0.2, -0.15) is 0 Å². The summed E-state index contributed by atoms with van der Waals surface area (Å²) in [4.78, 5) is 60.9. The summed E-state index contributed by atoms with van der Waals surface area (Å²) in [6.07, 6.45) is 1.10. The van der Waals surface area contributed by atoms with Gasteiger partial charge in [0.2, 0.25) is 0 Å². The number of nitrogens with zero attached hydrogens (tertiary/aromatic N) is 2. The number of aliphatic hydroxyl groups is 1. The maximum absolute atomic E-state index is 14.2. The first-order chi connectivity index (χ1) is 29.1. The summed E-state index contributed by atoms with van der Waals surface area (Å²) < 4.78 is 17.0. The zero-order valence-electron chi connectivity index (χ0n) is 36.2. The largest absolute Gasteiger partial charge is 0.497 e. The minimum absolute atomic E-state index is 0.123. The second kappa shape index (κ2) is 14.9. The molecule has 2 aliphatic carbocycles. The number of amides is 2. The molecule has 322 valence electrons. The summed E-state index contributed by atoms with van der Waals surface area (Å²) in [6.45, 7) is 10.4. The van der Waals surface area contributed by atoms with Crippen LogP contribution in [0.25, 0.3) is 22.0 Å². The number of pyridine rings is 1. The number of nitrogens with one attached hydrogen (secondary N) is 2. The number of esters is 1. The maximum Gasteiger partial charge on any atom is 0.407 e. The highest BCUT2D eigenvalue weighted by Crippen LogP contribution is 2.73. The van der Waals surface area contributed by atoms with Crippen LogP contribution in [0.1, 0.15) is 86.0 Å². The maximum atomic E-state index is 14.2. The zero-order valence-corrected chi connectivity index (χ0v) is 37.2. The van der Waals surface area contributed by atoms with Crippen molar-refractivity contribution in [3.63, 3.8) is 0 Å².